The Hall–Kier alpha value is -1.33. The van der Waals surface area contributed by atoms with Crippen LogP contribution < -0.4 is 5.32 Å². The normalized spacial score (nSPS) is 12.1. The van der Waals surface area contributed by atoms with Gasteiger partial charge >= 0.3 is 0 Å². The fourth-order valence-electron chi connectivity index (χ4n) is 1.61. The highest BCUT2D eigenvalue weighted by Crippen LogP contribution is 2.27. The second kappa shape index (κ2) is 7.45. The van der Waals surface area contributed by atoms with Gasteiger partial charge in [0.05, 0.1) is 11.4 Å². The van der Waals surface area contributed by atoms with Crippen LogP contribution in [0.15, 0.2) is 40.1 Å². The summed E-state index contributed by atoms with van der Waals surface area (Å²) in [5, 5.41) is 4.99. The maximum Gasteiger partial charge on any atom is 0.230 e. The number of rotatable bonds is 6. The number of thioether (sulfide) groups is 1. The summed E-state index contributed by atoms with van der Waals surface area (Å²) in [6, 6.07) is 10.3. The zero-order valence-electron chi connectivity index (χ0n) is 11.6. The van der Waals surface area contributed by atoms with Crippen LogP contribution in [0.3, 0.4) is 0 Å². The Kier molecular flexibility index (Phi) is 5.61. The first-order valence-electron chi connectivity index (χ1n) is 6.62. The molecule has 0 aliphatic rings. The Labute approximate surface area is 127 Å². The molecule has 1 aromatic heterocycles. The second-order valence-corrected chi connectivity index (χ2v) is 6.61. The van der Waals surface area contributed by atoms with Gasteiger partial charge in [-0.1, -0.05) is 49.0 Å². The Balaban J connectivity index is 1.89. The fraction of sp³-hybridized carbons (Fsp3) is 0.333. The summed E-state index contributed by atoms with van der Waals surface area (Å²) in [6.45, 7) is 4.07. The first-order valence-corrected chi connectivity index (χ1v) is 8.48. The van der Waals surface area contributed by atoms with Gasteiger partial charge in [-0.15, -0.1) is 11.3 Å². The number of hydrogen-bond donors (Lipinski definition) is 1. The molecule has 0 aliphatic carbocycles. The molecule has 0 saturated heterocycles. The molecular weight excluding hydrogens is 288 g/mol. The van der Waals surface area contributed by atoms with Crippen molar-refractivity contribution >= 4 is 29.0 Å². The van der Waals surface area contributed by atoms with Crippen molar-refractivity contribution in [3.8, 4) is 11.3 Å². The number of nitrogens with one attached hydrogen (secondary N) is 1. The van der Waals surface area contributed by atoms with Gasteiger partial charge < -0.3 is 5.32 Å². The van der Waals surface area contributed by atoms with Gasteiger partial charge in [-0.3, -0.25) is 4.79 Å². The molecule has 20 heavy (non-hydrogen) atoms. The highest BCUT2D eigenvalue weighted by Gasteiger charge is 2.09. The van der Waals surface area contributed by atoms with Crippen LogP contribution in [-0.4, -0.2) is 22.7 Å². The molecule has 1 N–H and O–H groups in total. The van der Waals surface area contributed by atoms with Crippen LogP contribution in [0.4, 0.5) is 0 Å². The topological polar surface area (TPSA) is 42.0 Å². The first kappa shape index (κ1) is 15.1. The van der Waals surface area contributed by atoms with Crippen LogP contribution in [0.25, 0.3) is 11.3 Å². The van der Waals surface area contributed by atoms with Crippen LogP contribution in [0.2, 0.25) is 0 Å². The Morgan fingerprint density at radius 3 is 2.85 bits per heavy atom. The molecule has 1 atom stereocenters. The van der Waals surface area contributed by atoms with E-state index in [1.165, 1.54) is 11.8 Å². The number of carbonyl (C=O) groups is 1. The lowest BCUT2D eigenvalue weighted by Crippen LogP contribution is -2.33. The van der Waals surface area contributed by atoms with E-state index >= 15 is 0 Å². The van der Waals surface area contributed by atoms with Crippen molar-refractivity contribution in [3.63, 3.8) is 0 Å². The van der Waals surface area contributed by atoms with Crippen LogP contribution >= 0.6 is 23.1 Å². The van der Waals surface area contributed by atoms with Gasteiger partial charge in [0.15, 0.2) is 4.34 Å². The van der Waals surface area contributed by atoms with Crippen LogP contribution in [0, 0.1) is 0 Å². The molecule has 5 heteroatoms. The van der Waals surface area contributed by atoms with Crippen molar-refractivity contribution < 1.29 is 4.79 Å². The molecule has 2 rings (SSSR count). The molecular formula is C15H18N2OS2. The summed E-state index contributed by atoms with van der Waals surface area (Å²) in [4.78, 5) is 16.3. The van der Waals surface area contributed by atoms with Crippen molar-refractivity contribution in [2.24, 2.45) is 0 Å². The number of benzene rings is 1. The molecule has 106 valence electrons. The van der Waals surface area contributed by atoms with Gasteiger partial charge in [-0.25, -0.2) is 4.98 Å². The minimum absolute atomic E-state index is 0.0702. The lowest BCUT2D eigenvalue weighted by Gasteiger charge is -2.10. The quantitative estimate of drug-likeness (QED) is 0.825. The van der Waals surface area contributed by atoms with E-state index in [9.17, 15) is 4.79 Å². The van der Waals surface area contributed by atoms with E-state index in [4.69, 9.17) is 0 Å². The highest BCUT2D eigenvalue weighted by molar-refractivity contribution is 8.01. The first-order chi connectivity index (χ1) is 9.69. The Morgan fingerprint density at radius 2 is 2.15 bits per heavy atom. The van der Waals surface area contributed by atoms with Crippen molar-refractivity contribution in [1.82, 2.24) is 10.3 Å². The third-order valence-electron chi connectivity index (χ3n) is 2.90. The van der Waals surface area contributed by atoms with E-state index in [1.807, 2.05) is 42.6 Å². The SMILES string of the molecule is CCC(C)NC(=O)CSc1nc(-c2ccccc2)cs1. The van der Waals surface area contributed by atoms with Gasteiger partial charge in [0.1, 0.15) is 0 Å². The smallest absolute Gasteiger partial charge is 0.230 e. The minimum Gasteiger partial charge on any atom is -0.353 e. The van der Waals surface area contributed by atoms with Crippen LogP contribution in [0.5, 0.6) is 0 Å². The molecule has 1 aromatic carbocycles. The van der Waals surface area contributed by atoms with Gasteiger partial charge in [-0.05, 0) is 13.3 Å². The van der Waals surface area contributed by atoms with E-state index in [1.54, 1.807) is 11.3 Å². The Morgan fingerprint density at radius 1 is 1.40 bits per heavy atom. The van der Waals surface area contributed by atoms with E-state index in [-0.39, 0.29) is 11.9 Å². The van der Waals surface area contributed by atoms with Crippen molar-refractivity contribution in [3.05, 3.63) is 35.7 Å². The molecule has 0 spiro atoms. The number of thiazole rings is 1. The average molecular weight is 306 g/mol. The summed E-state index contributed by atoms with van der Waals surface area (Å²) in [5.41, 5.74) is 2.08. The molecule has 2 aromatic rings. The van der Waals surface area contributed by atoms with Gasteiger partial charge in [0.25, 0.3) is 0 Å². The highest BCUT2D eigenvalue weighted by atomic mass is 32.2. The number of aromatic nitrogens is 1. The van der Waals surface area contributed by atoms with Crippen molar-refractivity contribution in [2.75, 3.05) is 5.75 Å². The van der Waals surface area contributed by atoms with E-state index < -0.39 is 0 Å². The summed E-state index contributed by atoms with van der Waals surface area (Å²) in [6.07, 6.45) is 0.950. The summed E-state index contributed by atoms with van der Waals surface area (Å²) < 4.78 is 0.933. The standard InChI is InChI=1S/C15H18N2OS2/c1-3-11(2)16-14(18)10-20-15-17-13(9-19-15)12-7-5-4-6-8-12/h4-9,11H,3,10H2,1-2H3,(H,16,18). The third-order valence-corrected chi connectivity index (χ3v) is 4.92. The summed E-state index contributed by atoms with van der Waals surface area (Å²) >= 11 is 3.07. The molecule has 0 bridgehead atoms. The lowest BCUT2D eigenvalue weighted by atomic mass is 10.2. The maximum atomic E-state index is 11.7. The molecule has 1 heterocycles. The summed E-state index contributed by atoms with van der Waals surface area (Å²) in [7, 11) is 0. The minimum atomic E-state index is 0.0702. The molecule has 0 aliphatic heterocycles. The largest absolute Gasteiger partial charge is 0.353 e. The van der Waals surface area contributed by atoms with E-state index in [0.29, 0.717) is 5.75 Å². The fourth-order valence-corrected chi connectivity index (χ4v) is 3.26. The van der Waals surface area contributed by atoms with Gasteiger partial charge in [-0.2, -0.15) is 0 Å². The zero-order chi connectivity index (χ0) is 14.4. The molecule has 1 amide bonds. The second-order valence-electron chi connectivity index (χ2n) is 4.53. The average Bonchev–Trinajstić information content (AvgIpc) is 2.95. The van der Waals surface area contributed by atoms with Gasteiger partial charge in [0.2, 0.25) is 5.91 Å². The molecule has 0 saturated carbocycles. The number of nitrogens with zero attached hydrogens (tertiary/aromatic N) is 1. The summed E-state index contributed by atoms with van der Waals surface area (Å²) in [5.74, 6) is 0.493. The van der Waals surface area contributed by atoms with Crippen molar-refractivity contribution in [2.45, 2.75) is 30.6 Å². The van der Waals surface area contributed by atoms with Crippen LogP contribution in [-0.2, 0) is 4.79 Å². The van der Waals surface area contributed by atoms with Gasteiger partial charge in [0, 0.05) is 17.0 Å². The maximum absolute atomic E-state index is 11.7. The third kappa shape index (κ3) is 4.35. The molecule has 1 unspecified atom stereocenters. The predicted molar refractivity (Wildman–Crippen MR) is 86.2 cm³/mol. The van der Waals surface area contributed by atoms with E-state index in [0.717, 1.165) is 22.0 Å². The monoisotopic (exact) mass is 306 g/mol. The number of hydrogen-bond acceptors (Lipinski definition) is 4. The van der Waals surface area contributed by atoms with Crippen LogP contribution in [0.1, 0.15) is 20.3 Å². The zero-order valence-corrected chi connectivity index (χ0v) is 13.3. The number of carbonyl (C=O) groups excluding carboxylic acids is 1. The molecule has 3 nitrogen and oxygen atoms in total. The number of amides is 1. The molecule has 0 radical (unpaired) electrons. The predicted octanol–water partition coefficient (Wildman–Crippen LogP) is 3.82. The Bertz CT molecular complexity index is 554. The van der Waals surface area contributed by atoms with Crippen molar-refractivity contribution in [1.29, 1.82) is 0 Å². The lowest BCUT2D eigenvalue weighted by molar-refractivity contribution is -0.119. The van der Waals surface area contributed by atoms with E-state index in [2.05, 4.69) is 17.2 Å². The molecule has 0 fully saturated rings.